The number of carbonyl (C=O) groups excluding carboxylic acids is 2. The summed E-state index contributed by atoms with van der Waals surface area (Å²) in [6.45, 7) is 5.67. The van der Waals surface area contributed by atoms with E-state index in [2.05, 4.69) is 5.32 Å². The Bertz CT molecular complexity index is 1550. The molecule has 12 heteroatoms. The number of nitrogens with one attached hydrogen (secondary N) is 1. The molecule has 2 amide bonds. The second-order valence-corrected chi connectivity index (χ2v) is 12.9. The number of hydrogen-bond acceptors (Lipinski definition) is 6. The number of ether oxygens (including phenoxy) is 2. The highest BCUT2D eigenvalue weighted by atomic mass is 35.5. The number of amides is 2. The Labute approximate surface area is 262 Å². The Hall–Kier alpha value is -3.47. The molecule has 1 aliphatic rings. The summed E-state index contributed by atoms with van der Waals surface area (Å²) in [4.78, 5) is 29.1. The van der Waals surface area contributed by atoms with E-state index >= 15 is 0 Å². The average molecular weight is 649 g/mol. The van der Waals surface area contributed by atoms with Crippen LogP contribution in [0, 0.1) is 0 Å². The van der Waals surface area contributed by atoms with Gasteiger partial charge in [-0.15, -0.1) is 0 Å². The number of hydrogen-bond donors (Lipinski definition) is 1. The van der Waals surface area contributed by atoms with Gasteiger partial charge in [0.1, 0.15) is 25.8 Å². The molecule has 0 aromatic heterocycles. The fraction of sp³-hybridized carbons (Fsp3) is 0.355. The van der Waals surface area contributed by atoms with Gasteiger partial charge in [-0.3, -0.25) is 13.9 Å². The molecule has 3 aromatic carbocycles. The minimum atomic E-state index is -4.23. The van der Waals surface area contributed by atoms with Crippen molar-refractivity contribution in [3.05, 3.63) is 82.3 Å². The third kappa shape index (κ3) is 7.74. The van der Waals surface area contributed by atoms with Gasteiger partial charge in [0.25, 0.3) is 10.0 Å². The smallest absolute Gasteiger partial charge is 0.264 e. The van der Waals surface area contributed by atoms with Gasteiger partial charge in [-0.1, -0.05) is 61.3 Å². The molecule has 1 heterocycles. The van der Waals surface area contributed by atoms with E-state index in [1.54, 1.807) is 55.5 Å². The average Bonchev–Trinajstić information content (AvgIpc) is 3.00. The zero-order valence-corrected chi connectivity index (χ0v) is 26.6. The Balaban J connectivity index is 1.77. The number of fused-ring (bicyclic) bond motifs is 1. The minimum Gasteiger partial charge on any atom is -0.486 e. The Morgan fingerprint density at radius 1 is 0.930 bits per heavy atom. The molecule has 0 bridgehead atoms. The quantitative estimate of drug-likeness (QED) is 0.271. The molecule has 0 saturated heterocycles. The summed E-state index contributed by atoms with van der Waals surface area (Å²) >= 11 is 12.6. The predicted molar refractivity (Wildman–Crippen MR) is 167 cm³/mol. The van der Waals surface area contributed by atoms with Crippen molar-refractivity contribution in [2.24, 2.45) is 0 Å². The van der Waals surface area contributed by atoms with Crippen molar-refractivity contribution in [2.75, 3.05) is 24.1 Å². The minimum absolute atomic E-state index is 0.00606. The number of halogens is 2. The molecule has 2 atom stereocenters. The van der Waals surface area contributed by atoms with E-state index in [4.69, 9.17) is 32.7 Å². The molecule has 230 valence electrons. The Morgan fingerprint density at radius 2 is 1.63 bits per heavy atom. The zero-order chi connectivity index (χ0) is 31.1. The van der Waals surface area contributed by atoms with Gasteiger partial charge >= 0.3 is 0 Å². The van der Waals surface area contributed by atoms with Gasteiger partial charge in [0.2, 0.25) is 11.8 Å². The van der Waals surface area contributed by atoms with Gasteiger partial charge in [0.05, 0.1) is 10.6 Å². The van der Waals surface area contributed by atoms with Gasteiger partial charge in [0.15, 0.2) is 11.5 Å². The maximum atomic E-state index is 14.3. The lowest BCUT2D eigenvalue weighted by molar-refractivity contribution is -0.140. The van der Waals surface area contributed by atoms with Gasteiger partial charge < -0.3 is 19.7 Å². The SMILES string of the molecule is CC[C@H](C(=O)N[C@@H](C)CC)N(Cc1ccc(Cl)cc1Cl)C(=O)CN(c1ccc2c(c1)OCCO2)S(=O)(=O)c1ccccc1. The van der Waals surface area contributed by atoms with Crippen LogP contribution in [-0.4, -0.2) is 57.0 Å². The first-order valence-electron chi connectivity index (χ1n) is 14.1. The molecule has 43 heavy (non-hydrogen) atoms. The van der Waals surface area contributed by atoms with E-state index < -0.39 is 28.5 Å². The molecular weight excluding hydrogens is 613 g/mol. The van der Waals surface area contributed by atoms with Crippen molar-refractivity contribution in [1.82, 2.24) is 10.2 Å². The largest absolute Gasteiger partial charge is 0.486 e. The molecule has 0 radical (unpaired) electrons. The van der Waals surface area contributed by atoms with Crippen LogP contribution in [0.15, 0.2) is 71.6 Å². The van der Waals surface area contributed by atoms with Crippen LogP contribution >= 0.6 is 23.2 Å². The van der Waals surface area contributed by atoms with Crippen molar-refractivity contribution in [1.29, 1.82) is 0 Å². The summed E-state index contributed by atoms with van der Waals surface area (Å²) in [6.07, 6.45) is 0.987. The molecule has 9 nitrogen and oxygen atoms in total. The molecule has 0 fully saturated rings. The second kappa shape index (κ2) is 14.3. The van der Waals surface area contributed by atoms with Crippen LogP contribution in [0.3, 0.4) is 0 Å². The predicted octanol–water partition coefficient (Wildman–Crippen LogP) is 5.68. The normalized spacial score (nSPS) is 14.0. The number of carbonyl (C=O) groups is 2. The van der Waals surface area contributed by atoms with E-state index in [0.717, 1.165) is 4.31 Å². The van der Waals surface area contributed by atoms with Gasteiger partial charge in [-0.05, 0) is 61.7 Å². The zero-order valence-electron chi connectivity index (χ0n) is 24.3. The highest BCUT2D eigenvalue weighted by Gasteiger charge is 2.34. The van der Waals surface area contributed by atoms with Crippen LogP contribution in [0.25, 0.3) is 0 Å². The van der Waals surface area contributed by atoms with E-state index in [-0.39, 0.29) is 35.5 Å². The number of anilines is 1. The number of rotatable bonds is 12. The van der Waals surface area contributed by atoms with Crippen LogP contribution in [-0.2, 0) is 26.2 Å². The fourth-order valence-corrected chi connectivity index (χ4v) is 6.52. The Morgan fingerprint density at radius 3 is 2.28 bits per heavy atom. The van der Waals surface area contributed by atoms with Gasteiger partial charge in [-0.2, -0.15) is 0 Å². The van der Waals surface area contributed by atoms with E-state index in [9.17, 15) is 18.0 Å². The van der Waals surface area contributed by atoms with Crippen molar-refractivity contribution in [3.63, 3.8) is 0 Å². The number of benzene rings is 3. The third-order valence-electron chi connectivity index (χ3n) is 7.17. The van der Waals surface area contributed by atoms with Crippen LogP contribution in [0.1, 0.15) is 39.2 Å². The molecule has 1 aliphatic heterocycles. The first kappa shape index (κ1) is 32.4. The molecule has 1 N–H and O–H groups in total. The monoisotopic (exact) mass is 647 g/mol. The Kier molecular flexibility index (Phi) is 10.8. The number of sulfonamides is 1. The summed E-state index contributed by atoms with van der Waals surface area (Å²) in [6, 6.07) is 16.4. The summed E-state index contributed by atoms with van der Waals surface area (Å²) in [5, 5.41) is 3.70. The maximum absolute atomic E-state index is 14.3. The third-order valence-corrected chi connectivity index (χ3v) is 9.54. The van der Waals surface area contributed by atoms with Crippen LogP contribution in [0.2, 0.25) is 10.0 Å². The summed E-state index contributed by atoms with van der Waals surface area (Å²) in [7, 11) is -4.23. The topological polar surface area (TPSA) is 105 Å². The van der Waals surface area contributed by atoms with Crippen molar-refractivity contribution in [2.45, 2.75) is 57.1 Å². The molecule has 3 aromatic rings. The molecule has 0 spiro atoms. The lowest BCUT2D eigenvalue weighted by atomic mass is 10.1. The lowest BCUT2D eigenvalue weighted by Gasteiger charge is -2.34. The standard InChI is InChI=1S/C31H35Cl2N3O6S/c1-4-21(3)34-31(38)27(5-2)35(19-22-11-12-23(32)17-26(22)33)30(37)20-36(43(39,40)25-9-7-6-8-10-25)24-13-14-28-29(18-24)42-16-15-41-28/h6-14,17-18,21,27H,4-5,15-16,19-20H2,1-3H3,(H,34,38)/t21-,27+/m0/s1. The van der Waals surface area contributed by atoms with E-state index in [1.165, 1.54) is 23.1 Å². The lowest BCUT2D eigenvalue weighted by Crippen LogP contribution is -2.53. The van der Waals surface area contributed by atoms with Crippen LogP contribution < -0.4 is 19.1 Å². The van der Waals surface area contributed by atoms with Crippen LogP contribution in [0.5, 0.6) is 11.5 Å². The summed E-state index contributed by atoms with van der Waals surface area (Å²) in [5.41, 5.74) is 0.772. The fourth-order valence-electron chi connectivity index (χ4n) is 4.63. The van der Waals surface area contributed by atoms with E-state index in [1.807, 2.05) is 13.8 Å². The van der Waals surface area contributed by atoms with Crippen LogP contribution in [0.4, 0.5) is 5.69 Å². The highest BCUT2D eigenvalue weighted by Crippen LogP contribution is 2.36. The highest BCUT2D eigenvalue weighted by molar-refractivity contribution is 7.92. The molecule has 0 aliphatic carbocycles. The van der Waals surface area contributed by atoms with Crippen molar-refractivity contribution >= 4 is 50.7 Å². The van der Waals surface area contributed by atoms with Crippen molar-refractivity contribution < 1.29 is 27.5 Å². The summed E-state index contributed by atoms with van der Waals surface area (Å²) < 4.78 is 40.4. The van der Waals surface area contributed by atoms with Gasteiger partial charge in [-0.25, -0.2) is 8.42 Å². The molecule has 0 unspecified atom stereocenters. The first-order valence-corrected chi connectivity index (χ1v) is 16.3. The molecular formula is C31H35Cl2N3O6S. The maximum Gasteiger partial charge on any atom is 0.264 e. The molecule has 0 saturated carbocycles. The summed E-state index contributed by atoms with van der Waals surface area (Å²) in [5.74, 6) is -0.0857. The van der Waals surface area contributed by atoms with Crippen molar-refractivity contribution in [3.8, 4) is 11.5 Å². The van der Waals surface area contributed by atoms with Gasteiger partial charge in [0, 0.05) is 28.7 Å². The second-order valence-electron chi connectivity index (χ2n) is 10.2. The first-order chi connectivity index (χ1) is 20.5. The molecule has 4 rings (SSSR count). The van der Waals surface area contributed by atoms with E-state index in [0.29, 0.717) is 46.7 Å². The number of nitrogens with zero attached hydrogens (tertiary/aromatic N) is 2.